The molecule has 4 N–H and O–H groups in total. The van der Waals surface area contributed by atoms with Gasteiger partial charge in [-0.25, -0.2) is 0 Å². The second-order valence-electron chi connectivity index (χ2n) is 1.10. The average Bonchev–Trinajstić information content (AvgIpc) is 1.61. The Morgan fingerprint density at radius 2 is 2.14 bits per heavy atom. The van der Waals surface area contributed by atoms with Gasteiger partial charge in [0.25, 0.3) is 0 Å². The van der Waals surface area contributed by atoms with Gasteiger partial charge in [-0.1, -0.05) is 0 Å². The average molecular weight is 106 g/mol. The van der Waals surface area contributed by atoms with E-state index in [9.17, 15) is 0 Å². The first-order valence-corrected chi connectivity index (χ1v) is 2.05. The van der Waals surface area contributed by atoms with Crippen LogP contribution in [0, 0.1) is 0 Å². The third-order valence-electron chi connectivity index (χ3n) is 0.556. The maximum absolute atomic E-state index is 4.72. The highest BCUT2D eigenvalue weighted by atomic mass is 16.5. The molecule has 0 saturated carbocycles. The number of methoxy groups -OCH3 is 1. The summed E-state index contributed by atoms with van der Waals surface area (Å²) in [5, 5.41) is 2.94. The first-order valence-electron chi connectivity index (χ1n) is 2.05. The minimum Gasteiger partial charge on any atom is -0.383 e. The molecule has 3 nitrogen and oxygen atoms in total. The summed E-state index contributed by atoms with van der Waals surface area (Å²) in [6.07, 6.45) is 0. The Balaban J connectivity index is 0. The number of ether oxygens (including phenoxy) is 1. The van der Waals surface area contributed by atoms with Crippen LogP contribution in [0.3, 0.4) is 0 Å². The molecule has 0 atom stereocenters. The van der Waals surface area contributed by atoms with Crippen LogP contribution >= 0.6 is 0 Å². The third-order valence-corrected chi connectivity index (χ3v) is 0.556. The lowest BCUT2D eigenvalue weighted by Gasteiger charge is -1.92. The van der Waals surface area contributed by atoms with Crippen molar-refractivity contribution in [2.75, 3.05) is 27.3 Å². The van der Waals surface area contributed by atoms with E-state index < -0.39 is 0 Å². The van der Waals surface area contributed by atoms with E-state index in [1.54, 1.807) is 7.11 Å². The standard InChI is InChI=1S/C4H11NO.H3N/c1-5-3-4-6-2;/h5H,3-4H2,1-2H3;1H3. The summed E-state index contributed by atoms with van der Waals surface area (Å²) >= 11 is 0. The second-order valence-corrected chi connectivity index (χ2v) is 1.10. The van der Waals surface area contributed by atoms with E-state index in [4.69, 9.17) is 4.74 Å². The molecule has 7 heavy (non-hydrogen) atoms. The van der Waals surface area contributed by atoms with Crippen LogP contribution in [0.25, 0.3) is 0 Å². The Kier molecular flexibility index (Phi) is 13.3. The third kappa shape index (κ3) is 10.7. The summed E-state index contributed by atoms with van der Waals surface area (Å²) in [6.45, 7) is 1.74. The summed E-state index contributed by atoms with van der Waals surface area (Å²) < 4.78 is 4.72. The summed E-state index contributed by atoms with van der Waals surface area (Å²) in [7, 11) is 3.59. The lowest BCUT2D eigenvalue weighted by molar-refractivity contribution is 0.201. The van der Waals surface area contributed by atoms with Gasteiger partial charge < -0.3 is 16.2 Å². The summed E-state index contributed by atoms with van der Waals surface area (Å²) in [6, 6.07) is 0. The number of hydrogen-bond acceptors (Lipinski definition) is 3. The zero-order valence-electron chi connectivity index (χ0n) is 5.03. The fourth-order valence-corrected chi connectivity index (χ4v) is 0.204. The van der Waals surface area contributed by atoms with Crippen LogP contribution in [0.5, 0.6) is 0 Å². The molecule has 0 aromatic rings. The lowest BCUT2D eigenvalue weighted by atomic mass is 10.7. The molecule has 0 aliphatic rings. The molecule has 0 aromatic carbocycles. The maximum atomic E-state index is 4.72. The van der Waals surface area contributed by atoms with Crippen molar-refractivity contribution in [1.82, 2.24) is 11.5 Å². The van der Waals surface area contributed by atoms with Crippen LogP contribution in [0.1, 0.15) is 0 Å². The zero-order valence-corrected chi connectivity index (χ0v) is 5.03. The smallest absolute Gasteiger partial charge is 0.0587 e. The molecule has 0 unspecified atom stereocenters. The Morgan fingerprint density at radius 3 is 2.29 bits per heavy atom. The Labute approximate surface area is 44.6 Å². The molecule has 46 valence electrons. The summed E-state index contributed by atoms with van der Waals surface area (Å²) in [5.74, 6) is 0. The van der Waals surface area contributed by atoms with Gasteiger partial charge in [-0.05, 0) is 7.05 Å². The number of hydrogen-bond donors (Lipinski definition) is 2. The topological polar surface area (TPSA) is 56.3 Å². The molecule has 0 spiro atoms. The largest absolute Gasteiger partial charge is 0.383 e. The molecular formula is C4H14N2O. The van der Waals surface area contributed by atoms with Crippen LogP contribution in [-0.2, 0) is 4.74 Å². The molecule has 3 heteroatoms. The van der Waals surface area contributed by atoms with Gasteiger partial charge in [0.15, 0.2) is 0 Å². The first-order chi connectivity index (χ1) is 2.91. The molecule has 0 aliphatic carbocycles. The molecule has 0 aromatic heterocycles. The van der Waals surface area contributed by atoms with Gasteiger partial charge in [-0.3, -0.25) is 0 Å². The van der Waals surface area contributed by atoms with E-state index in [-0.39, 0.29) is 6.15 Å². The maximum Gasteiger partial charge on any atom is 0.0587 e. The normalized spacial score (nSPS) is 7.71. The van der Waals surface area contributed by atoms with Crippen LogP contribution in [0.2, 0.25) is 0 Å². The number of rotatable bonds is 3. The Morgan fingerprint density at radius 1 is 1.57 bits per heavy atom. The zero-order chi connectivity index (χ0) is 4.83. The van der Waals surface area contributed by atoms with Gasteiger partial charge in [-0.2, -0.15) is 0 Å². The van der Waals surface area contributed by atoms with Crippen molar-refractivity contribution < 1.29 is 4.74 Å². The van der Waals surface area contributed by atoms with Gasteiger partial charge >= 0.3 is 0 Å². The van der Waals surface area contributed by atoms with Crippen LogP contribution < -0.4 is 11.5 Å². The van der Waals surface area contributed by atoms with Crippen LogP contribution in [0.15, 0.2) is 0 Å². The molecule has 0 bridgehead atoms. The fourth-order valence-electron chi connectivity index (χ4n) is 0.204. The van der Waals surface area contributed by atoms with Crippen molar-refractivity contribution >= 4 is 0 Å². The van der Waals surface area contributed by atoms with Gasteiger partial charge in [0.1, 0.15) is 0 Å². The van der Waals surface area contributed by atoms with Gasteiger partial charge in [-0.15, -0.1) is 0 Å². The van der Waals surface area contributed by atoms with E-state index in [1.165, 1.54) is 0 Å². The highest BCUT2D eigenvalue weighted by Crippen LogP contribution is 1.57. The first kappa shape index (κ1) is 9.99. The van der Waals surface area contributed by atoms with Crippen LogP contribution in [-0.4, -0.2) is 27.3 Å². The Hall–Kier alpha value is -0.120. The van der Waals surface area contributed by atoms with E-state index in [0.717, 1.165) is 13.2 Å². The van der Waals surface area contributed by atoms with Gasteiger partial charge in [0.05, 0.1) is 6.61 Å². The number of likely N-dealkylation sites (N-methyl/N-ethyl adjacent to an activating group) is 1. The lowest BCUT2D eigenvalue weighted by Crippen LogP contribution is -2.12. The van der Waals surface area contributed by atoms with Crippen molar-refractivity contribution in [2.24, 2.45) is 0 Å². The van der Waals surface area contributed by atoms with Crippen molar-refractivity contribution in [1.29, 1.82) is 0 Å². The summed E-state index contributed by atoms with van der Waals surface area (Å²) in [5.41, 5.74) is 0. The quantitative estimate of drug-likeness (QED) is 0.498. The second kappa shape index (κ2) is 9.30. The van der Waals surface area contributed by atoms with Crippen LogP contribution in [0.4, 0.5) is 0 Å². The van der Waals surface area contributed by atoms with E-state index >= 15 is 0 Å². The molecule has 0 rings (SSSR count). The Bertz CT molecular complexity index is 21.7. The number of nitrogens with one attached hydrogen (secondary N) is 1. The summed E-state index contributed by atoms with van der Waals surface area (Å²) in [4.78, 5) is 0. The monoisotopic (exact) mass is 106 g/mol. The van der Waals surface area contributed by atoms with Crippen molar-refractivity contribution in [3.8, 4) is 0 Å². The van der Waals surface area contributed by atoms with Crippen molar-refractivity contribution in [3.05, 3.63) is 0 Å². The fraction of sp³-hybridized carbons (Fsp3) is 1.00. The highest BCUT2D eigenvalue weighted by molar-refractivity contribution is 4.30. The molecule has 0 amide bonds. The molecule has 0 heterocycles. The molecule has 0 saturated heterocycles. The van der Waals surface area contributed by atoms with E-state index in [0.29, 0.717) is 0 Å². The van der Waals surface area contributed by atoms with Gasteiger partial charge in [0.2, 0.25) is 0 Å². The predicted molar refractivity (Wildman–Crippen MR) is 30.8 cm³/mol. The van der Waals surface area contributed by atoms with Crippen molar-refractivity contribution in [2.45, 2.75) is 0 Å². The SMILES string of the molecule is CNCCOC.N. The van der Waals surface area contributed by atoms with E-state index in [1.807, 2.05) is 7.05 Å². The molecule has 0 aliphatic heterocycles. The molecular weight excluding hydrogens is 92.1 g/mol. The van der Waals surface area contributed by atoms with Gasteiger partial charge in [0, 0.05) is 13.7 Å². The molecule has 0 fully saturated rings. The highest BCUT2D eigenvalue weighted by Gasteiger charge is 1.72. The predicted octanol–water partition coefficient (Wildman–Crippen LogP) is 0.0142. The minimum atomic E-state index is 0. The van der Waals surface area contributed by atoms with E-state index in [2.05, 4.69) is 5.32 Å². The minimum absolute atomic E-state index is 0. The van der Waals surface area contributed by atoms with Crippen molar-refractivity contribution in [3.63, 3.8) is 0 Å². The molecule has 0 radical (unpaired) electrons.